The fraction of sp³-hybridized carbons (Fsp3) is 0.538. The van der Waals surface area contributed by atoms with E-state index < -0.39 is 0 Å². The Kier molecular flexibility index (Phi) is 4.26. The number of hydrogen-bond acceptors (Lipinski definition) is 3. The van der Waals surface area contributed by atoms with Crippen molar-refractivity contribution in [3.05, 3.63) is 28.8 Å². The van der Waals surface area contributed by atoms with Gasteiger partial charge in [0.25, 0.3) is 0 Å². The van der Waals surface area contributed by atoms with Crippen molar-refractivity contribution < 1.29 is 9.84 Å². The molecule has 1 aliphatic rings. The van der Waals surface area contributed by atoms with E-state index in [9.17, 15) is 5.11 Å². The van der Waals surface area contributed by atoms with Crippen LogP contribution in [0.5, 0.6) is 0 Å². The monoisotopic (exact) mass is 255 g/mol. The lowest BCUT2D eigenvalue weighted by atomic mass is 10.1. The minimum Gasteiger partial charge on any atom is -0.392 e. The molecule has 1 aromatic rings. The second-order valence-electron chi connectivity index (χ2n) is 4.33. The molecule has 1 N–H and O–H groups in total. The van der Waals surface area contributed by atoms with Crippen LogP contribution in [0.3, 0.4) is 0 Å². The quantitative estimate of drug-likeness (QED) is 0.901. The second kappa shape index (κ2) is 5.71. The number of hydrogen-bond donors (Lipinski definition) is 1. The van der Waals surface area contributed by atoms with Crippen LogP contribution in [-0.4, -0.2) is 31.4 Å². The molecule has 0 spiro atoms. The molecular weight excluding hydrogens is 238 g/mol. The van der Waals surface area contributed by atoms with Crippen LogP contribution < -0.4 is 4.90 Å². The van der Waals surface area contributed by atoms with Gasteiger partial charge in [0.1, 0.15) is 0 Å². The molecule has 4 heteroatoms. The molecule has 0 bridgehead atoms. The molecule has 0 unspecified atom stereocenters. The maximum Gasteiger partial charge on any atom is 0.0702 e. The minimum absolute atomic E-state index is 0.0279. The molecule has 17 heavy (non-hydrogen) atoms. The van der Waals surface area contributed by atoms with E-state index in [1.807, 2.05) is 18.2 Å². The third kappa shape index (κ3) is 2.73. The Labute approximate surface area is 107 Å². The number of benzene rings is 1. The summed E-state index contributed by atoms with van der Waals surface area (Å²) in [4.78, 5) is 2.24. The maximum absolute atomic E-state index is 9.36. The van der Waals surface area contributed by atoms with Crippen molar-refractivity contribution in [2.75, 3.05) is 25.1 Å². The molecule has 1 aromatic carbocycles. The standard InChI is InChI=1S/C13H18ClNO2/c1-17-11-5-7-15(8-6-11)13-10(9-16)3-2-4-12(13)14/h2-4,11,16H,5-9H2,1H3. The maximum atomic E-state index is 9.36. The van der Waals surface area contributed by atoms with Crippen molar-refractivity contribution in [1.29, 1.82) is 0 Å². The molecule has 1 heterocycles. The molecule has 1 fully saturated rings. The second-order valence-corrected chi connectivity index (χ2v) is 4.73. The molecule has 0 aliphatic carbocycles. The van der Waals surface area contributed by atoms with Crippen molar-refractivity contribution in [1.82, 2.24) is 0 Å². The largest absolute Gasteiger partial charge is 0.392 e. The Morgan fingerprint density at radius 1 is 1.41 bits per heavy atom. The average molecular weight is 256 g/mol. The Morgan fingerprint density at radius 2 is 2.12 bits per heavy atom. The van der Waals surface area contributed by atoms with Crippen molar-refractivity contribution in [2.45, 2.75) is 25.6 Å². The van der Waals surface area contributed by atoms with E-state index in [2.05, 4.69) is 4.90 Å². The van der Waals surface area contributed by atoms with Gasteiger partial charge in [-0.15, -0.1) is 0 Å². The number of methoxy groups -OCH3 is 1. The van der Waals surface area contributed by atoms with Gasteiger partial charge >= 0.3 is 0 Å². The first-order chi connectivity index (χ1) is 8.26. The third-order valence-electron chi connectivity index (χ3n) is 3.33. The van der Waals surface area contributed by atoms with Crippen molar-refractivity contribution in [3.8, 4) is 0 Å². The van der Waals surface area contributed by atoms with E-state index in [0.717, 1.165) is 37.2 Å². The van der Waals surface area contributed by atoms with Gasteiger partial charge in [0.2, 0.25) is 0 Å². The molecule has 3 nitrogen and oxygen atoms in total. The smallest absolute Gasteiger partial charge is 0.0702 e. The van der Waals surface area contributed by atoms with Crippen LogP contribution in [0.15, 0.2) is 18.2 Å². The van der Waals surface area contributed by atoms with Gasteiger partial charge in [-0.05, 0) is 18.9 Å². The number of anilines is 1. The summed E-state index contributed by atoms with van der Waals surface area (Å²) in [7, 11) is 1.76. The van der Waals surface area contributed by atoms with E-state index in [1.165, 1.54) is 0 Å². The zero-order chi connectivity index (χ0) is 12.3. The highest BCUT2D eigenvalue weighted by Crippen LogP contribution is 2.32. The molecule has 0 radical (unpaired) electrons. The van der Waals surface area contributed by atoms with Gasteiger partial charge in [0, 0.05) is 25.8 Å². The van der Waals surface area contributed by atoms with Crippen molar-refractivity contribution in [3.63, 3.8) is 0 Å². The average Bonchev–Trinajstić information content (AvgIpc) is 2.38. The number of ether oxygens (including phenoxy) is 1. The molecule has 0 saturated carbocycles. The van der Waals surface area contributed by atoms with Gasteiger partial charge in [-0.25, -0.2) is 0 Å². The van der Waals surface area contributed by atoms with Crippen LogP contribution in [0.25, 0.3) is 0 Å². The van der Waals surface area contributed by atoms with Crippen LogP contribution in [-0.2, 0) is 11.3 Å². The lowest BCUT2D eigenvalue weighted by molar-refractivity contribution is 0.0818. The first-order valence-electron chi connectivity index (χ1n) is 5.92. The summed E-state index contributed by atoms with van der Waals surface area (Å²) < 4.78 is 5.35. The summed E-state index contributed by atoms with van der Waals surface area (Å²) in [6, 6.07) is 5.67. The normalized spacial score (nSPS) is 17.5. The van der Waals surface area contributed by atoms with Gasteiger partial charge in [0.05, 0.1) is 23.4 Å². The summed E-state index contributed by atoms with van der Waals surface area (Å²) >= 11 is 6.23. The van der Waals surface area contributed by atoms with Gasteiger partial charge in [-0.1, -0.05) is 23.7 Å². The summed E-state index contributed by atoms with van der Waals surface area (Å²) in [5, 5.41) is 10.1. The number of nitrogens with zero attached hydrogens (tertiary/aromatic N) is 1. The Morgan fingerprint density at radius 3 is 2.71 bits per heavy atom. The number of para-hydroxylation sites is 1. The van der Waals surface area contributed by atoms with Gasteiger partial charge in [0.15, 0.2) is 0 Å². The van der Waals surface area contributed by atoms with E-state index in [-0.39, 0.29) is 6.61 Å². The number of piperidine rings is 1. The van der Waals surface area contributed by atoms with Crippen molar-refractivity contribution in [2.24, 2.45) is 0 Å². The number of aliphatic hydroxyl groups excluding tert-OH is 1. The first kappa shape index (κ1) is 12.7. The Bertz CT molecular complexity index is 376. The molecule has 0 amide bonds. The predicted molar refractivity (Wildman–Crippen MR) is 69.6 cm³/mol. The van der Waals surface area contributed by atoms with Gasteiger partial charge < -0.3 is 14.7 Å². The summed E-state index contributed by atoms with van der Waals surface area (Å²) in [5.41, 5.74) is 1.87. The highest BCUT2D eigenvalue weighted by Gasteiger charge is 2.22. The number of aliphatic hydroxyl groups is 1. The van der Waals surface area contributed by atoms with Gasteiger partial charge in [-0.2, -0.15) is 0 Å². The van der Waals surface area contributed by atoms with Crippen LogP contribution >= 0.6 is 11.6 Å². The highest BCUT2D eigenvalue weighted by molar-refractivity contribution is 6.33. The highest BCUT2D eigenvalue weighted by atomic mass is 35.5. The van der Waals surface area contributed by atoms with Crippen LogP contribution in [0.4, 0.5) is 5.69 Å². The Hall–Kier alpha value is -0.770. The zero-order valence-corrected chi connectivity index (χ0v) is 10.8. The number of rotatable bonds is 3. The summed E-state index contributed by atoms with van der Waals surface area (Å²) in [6.45, 7) is 1.88. The molecule has 1 aliphatic heterocycles. The lowest BCUT2D eigenvalue weighted by Gasteiger charge is -2.34. The number of halogens is 1. The van der Waals surface area contributed by atoms with E-state index in [1.54, 1.807) is 7.11 Å². The van der Waals surface area contributed by atoms with Gasteiger partial charge in [-0.3, -0.25) is 0 Å². The van der Waals surface area contributed by atoms with E-state index in [0.29, 0.717) is 11.1 Å². The molecule has 0 aromatic heterocycles. The Balaban J connectivity index is 2.17. The molecule has 2 rings (SSSR count). The topological polar surface area (TPSA) is 32.7 Å². The lowest BCUT2D eigenvalue weighted by Crippen LogP contribution is -2.37. The molecule has 1 saturated heterocycles. The predicted octanol–water partition coefficient (Wildman–Crippen LogP) is 2.45. The van der Waals surface area contributed by atoms with Crippen molar-refractivity contribution >= 4 is 17.3 Å². The summed E-state index contributed by atoms with van der Waals surface area (Å²) in [5.74, 6) is 0. The van der Waals surface area contributed by atoms with E-state index >= 15 is 0 Å². The SMILES string of the molecule is COC1CCN(c2c(Cl)cccc2CO)CC1. The minimum atomic E-state index is 0.0279. The molecular formula is C13H18ClNO2. The van der Waals surface area contributed by atoms with E-state index in [4.69, 9.17) is 16.3 Å². The fourth-order valence-corrected chi connectivity index (χ4v) is 2.67. The van der Waals surface area contributed by atoms with Crippen LogP contribution in [0.2, 0.25) is 5.02 Å². The van der Waals surface area contributed by atoms with Crippen LogP contribution in [0, 0.1) is 0 Å². The zero-order valence-electron chi connectivity index (χ0n) is 10.0. The van der Waals surface area contributed by atoms with Crippen LogP contribution in [0.1, 0.15) is 18.4 Å². The summed E-state index contributed by atoms with van der Waals surface area (Å²) in [6.07, 6.45) is 2.37. The first-order valence-corrected chi connectivity index (χ1v) is 6.30. The molecule has 94 valence electrons. The fourth-order valence-electron chi connectivity index (χ4n) is 2.36. The third-order valence-corrected chi connectivity index (χ3v) is 3.64. The molecule has 0 atom stereocenters.